The highest BCUT2D eigenvalue weighted by molar-refractivity contribution is 7.93. The maximum absolute atomic E-state index is 11.7. The van der Waals surface area contributed by atoms with E-state index in [0.717, 1.165) is 5.56 Å². The van der Waals surface area contributed by atoms with E-state index in [1.165, 1.54) is 4.31 Å². The third-order valence-corrected chi connectivity index (χ3v) is 4.25. The van der Waals surface area contributed by atoms with Gasteiger partial charge in [-0.25, -0.2) is 13.4 Å². The van der Waals surface area contributed by atoms with Crippen molar-refractivity contribution in [2.75, 3.05) is 16.6 Å². The Bertz CT molecular complexity index is 458. The van der Waals surface area contributed by atoms with E-state index in [-0.39, 0.29) is 5.75 Å². The molecule has 5 nitrogen and oxygen atoms in total. The van der Waals surface area contributed by atoms with Gasteiger partial charge in [0.15, 0.2) is 0 Å². The Hall–Kier alpha value is -1.14. The second kappa shape index (κ2) is 3.79. The minimum atomic E-state index is -3.16. The van der Waals surface area contributed by atoms with Crippen molar-refractivity contribution in [2.24, 2.45) is 5.73 Å². The van der Waals surface area contributed by atoms with Gasteiger partial charge in [0, 0.05) is 24.8 Å². The van der Waals surface area contributed by atoms with E-state index in [1.807, 2.05) is 0 Å². The Kier molecular flexibility index (Phi) is 2.62. The summed E-state index contributed by atoms with van der Waals surface area (Å²) in [5.74, 6) is 0.686. The molecule has 2 N–H and O–H groups in total. The van der Waals surface area contributed by atoms with Crippen molar-refractivity contribution in [1.29, 1.82) is 0 Å². The van der Waals surface area contributed by atoms with Gasteiger partial charge in [-0.1, -0.05) is 6.07 Å². The topological polar surface area (TPSA) is 76.3 Å². The number of anilines is 1. The zero-order valence-corrected chi connectivity index (χ0v) is 9.07. The van der Waals surface area contributed by atoms with Crippen LogP contribution in [-0.2, 0) is 16.6 Å². The Morgan fingerprint density at radius 3 is 2.93 bits per heavy atom. The van der Waals surface area contributed by atoms with E-state index in [1.54, 1.807) is 18.3 Å². The van der Waals surface area contributed by atoms with Gasteiger partial charge in [0.1, 0.15) is 5.82 Å². The lowest BCUT2D eigenvalue weighted by Crippen LogP contribution is -2.27. The largest absolute Gasteiger partial charge is 0.326 e. The number of hydrogen-bond acceptors (Lipinski definition) is 4. The molecule has 1 aromatic heterocycles. The zero-order valence-electron chi connectivity index (χ0n) is 8.26. The maximum atomic E-state index is 11.7. The van der Waals surface area contributed by atoms with Gasteiger partial charge < -0.3 is 5.73 Å². The van der Waals surface area contributed by atoms with E-state index in [0.29, 0.717) is 25.3 Å². The van der Waals surface area contributed by atoms with Crippen molar-refractivity contribution in [1.82, 2.24) is 4.98 Å². The fourth-order valence-electron chi connectivity index (χ4n) is 1.69. The lowest BCUT2D eigenvalue weighted by atomic mass is 10.2. The molecule has 2 heterocycles. The molecule has 15 heavy (non-hydrogen) atoms. The number of aromatic nitrogens is 1. The van der Waals surface area contributed by atoms with Crippen LogP contribution in [-0.4, -0.2) is 25.7 Å². The molecule has 0 amide bonds. The first-order chi connectivity index (χ1) is 7.15. The van der Waals surface area contributed by atoms with Crippen molar-refractivity contribution in [3.8, 4) is 0 Å². The molecule has 0 saturated carbocycles. The SMILES string of the molecule is NCc1cccnc1N1CCCS1(=O)=O. The van der Waals surface area contributed by atoms with Gasteiger partial charge in [0.25, 0.3) is 0 Å². The second-order valence-corrected chi connectivity index (χ2v) is 5.44. The first-order valence-corrected chi connectivity index (χ1v) is 6.40. The third-order valence-electron chi connectivity index (χ3n) is 2.42. The summed E-state index contributed by atoms with van der Waals surface area (Å²) in [5, 5.41) is 0. The van der Waals surface area contributed by atoms with Gasteiger partial charge in [0.05, 0.1) is 5.75 Å². The fourth-order valence-corrected chi connectivity index (χ4v) is 3.24. The van der Waals surface area contributed by atoms with Crippen molar-refractivity contribution in [3.05, 3.63) is 23.9 Å². The molecule has 0 aromatic carbocycles. The molecule has 1 aliphatic rings. The van der Waals surface area contributed by atoms with Gasteiger partial charge in [-0.15, -0.1) is 0 Å². The summed E-state index contributed by atoms with van der Waals surface area (Å²) >= 11 is 0. The monoisotopic (exact) mass is 227 g/mol. The number of hydrogen-bond donors (Lipinski definition) is 1. The Labute approximate surface area is 89.0 Å². The van der Waals surface area contributed by atoms with Gasteiger partial charge in [-0.05, 0) is 12.5 Å². The summed E-state index contributed by atoms with van der Waals surface area (Å²) in [5.41, 5.74) is 6.31. The van der Waals surface area contributed by atoms with Crippen molar-refractivity contribution >= 4 is 15.8 Å². The molecule has 1 aromatic rings. The van der Waals surface area contributed by atoms with Crippen LogP contribution in [0.25, 0.3) is 0 Å². The van der Waals surface area contributed by atoms with Gasteiger partial charge in [-0.3, -0.25) is 4.31 Å². The van der Waals surface area contributed by atoms with Crippen molar-refractivity contribution in [2.45, 2.75) is 13.0 Å². The second-order valence-electron chi connectivity index (χ2n) is 3.43. The molecule has 0 aliphatic carbocycles. The Morgan fingerprint density at radius 2 is 2.33 bits per heavy atom. The average Bonchev–Trinajstić information content (AvgIpc) is 2.58. The number of nitrogens with two attached hydrogens (primary N) is 1. The molecule has 1 aliphatic heterocycles. The maximum Gasteiger partial charge on any atom is 0.236 e. The predicted molar refractivity (Wildman–Crippen MR) is 57.9 cm³/mol. The predicted octanol–water partition coefficient (Wildman–Crippen LogP) is 0.0802. The summed E-state index contributed by atoms with van der Waals surface area (Å²) in [6, 6.07) is 3.56. The molecule has 0 radical (unpaired) electrons. The number of pyridine rings is 1. The van der Waals surface area contributed by atoms with E-state index in [9.17, 15) is 8.42 Å². The summed E-state index contributed by atoms with van der Waals surface area (Å²) in [6.07, 6.45) is 2.24. The average molecular weight is 227 g/mol. The van der Waals surface area contributed by atoms with Crippen LogP contribution in [0.1, 0.15) is 12.0 Å². The van der Waals surface area contributed by atoms with E-state index in [2.05, 4.69) is 4.98 Å². The fraction of sp³-hybridized carbons (Fsp3) is 0.444. The van der Waals surface area contributed by atoms with Crippen LogP contribution < -0.4 is 10.0 Å². The quantitative estimate of drug-likeness (QED) is 0.776. The molecule has 0 atom stereocenters. The number of nitrogens with zero attached hydrogens (tertiary/aromatic N) is 2. The van der Waals surface area contributed by atoms with Gasteiger partial charge in [0.2, 0.25) is 10.0 Å². The van der Waals surface area contributed by atoms with Crippen molar-refractivity contribution in [3.63, 3.8) is 0 Å². The molecule has 82 valence electrons. The Balaban J connectivity index is 2.45. The van der Waals surface area contributed by atoms with Gasteiger partial charge >= 0.3 is 0 Å². The molecule has 1 fully saturated rings. The smallest absolute Gasteiger partial charge is 0.236 e. The van der Waals surface area contributed by atoms with Crippen LogP contribution in [0.4, 0.5) is 5.82 Å². The minimum Gasteiger partial charge on any atom is -0.326 e. The number of rotatable bonds is 2. The lowest BCUT2D eigenvalue weighted by Gasteiger charge is -2.18. The molecule has 1 saturated heterocycles. The van der Waals surface area contributed by atoms with Crippen molar-refractivity contribution < 1.29 is 8.42 Å². The molecule has 0 bridgehead atoms. The molecule has 6 heteroatoms. The van der Waals surface area contributed by atoms with Crippen LogP contribution in [0, 0.1) is 0 Å². The van der Waals surface area contributed by atoms with Gasteiger partial charge in [-0.2, -0.15) is 0 Å². The van der Waals surface area contributed by atoms with Crippen LogP contribution in [0.3, 0.4) is 0 Å². The van der Waals surface area contributed by atoms with Crippen LogP contribution in [0.2, 0.25) is 0 Å². The molecule has 0 unspecified atom stereocenters. The van der Waals surface area contributed by atoms with Crippen LogP contribution in [0.15, 0.2) is 18.3 Å². The number of sulfonamides is 1. The molecule has 2 rings (SSSR count). The summed E-state index contributed by atoms with van der Waals surface area (Å²) in [7, 11) is -3.16. The van der Waals surface area contributed by atoms with Crippen LogP contribution in [0.5, 0.6) is 0 Å². The lowest BCUT2D eigenvalue weighted by molar-refractivity contribution is 0.599. The zero-order chi connectivity index (χ0) is 10.9. The summed E-state index contributed by atoms with van der Waals surface area (Å²) in [6.45, 7) is 0.807. The van der Waals surface area contributed by atoms with Crippen LogP contribution >= 0.6 is 0 Å². The highest BCUT2D eigenvalue weighted by atomic mass is 32.2. The first-order valence-electron chi connectivity index (χ1n) is 4.79. The normalized spacial score (nSPS) is 19.4. The first kappa shape index (κ1) is 10.4. The summed E-state index contributed by atoms with van der Waals surface area (Å²) in [4.78, 5) is 4.09. The van der Waals surface area contributed by atoms with E-state index >= 15 is 0 Å². The van der Waals surface area contributed by atoms with E-state index < -0.39 is 10.0 Å². The van der Waals surface area contributed by atoms with E-state index in [4.69, 9.17) is 5.73 Å². The molecular weight excluding hydrogens is 214 g/mol. The highest BCUT2D eigenvalue weighted by Crippen LogP contribution is 2.24. The minimum absolute atomic E-state index is 0.202. The molecule has 0 spiro atoms. The third kappa shape index (κ3) is 1.82. The Morgan fingerprint density at radius 1 is 1.53 bits per heavy atom. The standard InChI is InChI=1S/C9H13N3O2S/c10-7-8-3-1-4-11-9(8)12-5-2-6-15(12,13)14/h1,3-4H,2,5-7,10H2. The highest BCUT2D eigenvalue weighted by Gasteiger charge is 2.30. The molecular formula is C9H13N3O2S. The summed E-state index contributed by atoms with van der Waals surface area (Å²) < 4.78 is 24.7.